The van der Waals surface area contributed by atoms with Crippen LogP contribution in [0.3, 0.4) is 0 Å². The molecule has 2 aliphatic heterocycles. The van der Waals surface area contributed by atoms with E-state index in [1.807, 2.05) is 0 Å². The third-order valence-corrected chi connectivity index (χ3v) is 6.22. The zero-order valence-electron chi connectivity index (χ0n) is 16.1. The first-order chi connectivity index (χ1) is 14.3. The van der Waals surface area contributed by atoms with Gasteiger partial charge in [0.1, 0.15) is 23.7 Å². The second-order valence-electron chi connectivity index (χ2n) is 6.13. The van der Waals surface area contributed by atoms with Crippen LogP contribution >= 0.6 is 23.5 Å². The molecule has 162 valence electrons. The van der Waals surface area contributed by atoms with Crippen LogP contribution in [0.25, 0.3) is 0 Å². The van der Waals surface area contributed by atoms with Crippen LogP contribution in [-0.2, 0) is 35.2 Å². The zero-order valence-corrected chi connectivity index (χ0v) is 17.7. The van der Waals surface area contributed by atoms with E-state index in [4.69, 9.17) is 9.47 Å². The number of hydrogen-bond acceptors (Lipinski definition) is 11. The number of aromatic nitrogens is 4. The highest BCUT2D eigenvalue weighted by Gasteiger charge is 2.55. The first-order valence-corrected chi connectivity index (χ1v) is 10.8. The van der Waals surface area contributed by atoms with Gasteiger partial charge in [-0.3, -0.25) is 19.3 Å². The number of thioether (sulfide) groups is 2. The van der Waals surface area contributed by atoms with Gasteiger partial charge in [0, 0.05) is 25.4 Å². The fraction of sp³-hybridized carbons (Fsp3) is 0.533. The van der Waals surface area contributed by atoms with Gasteiger partial charge in [-0.25, -0.2) is 9.48 Å². The summed E-state index contributed by atoms with van der Waals surface area (Å²) >= 11 is 2.49. The molecule has 3 rings (SSSR count). The lowest BCUT2D eigenvalue weighted by atomic mass is 10.0. The third kappa shape index (κ3) is 4.13. The predicted molar refractivity (Wildman–Crippen MR) is 102 cm³/mol. The Morgan fingerprint density at radius 1 is 1.43 bits per heavy atom. The summed E-state index contributed by atoms with van der Waals surface area (Å²) in [7, 11) is 1.26. The standard InChI is InChI=1S/C15H18N6O7S2/c1-6(22)28-14(27-2)7-5-30-12-9(11(24)21(12)10(7)13(25)26)16-8(23)4-20-15(29-3)17-18-19-20/h9,12,14H,4-5H2,1-3H3,(H,16,23)(H,25,26)/t9-,12+,14?/m0/s1. The lowest BCUT2D eigenvalue weighted by Gasteiger charge is -2.49. The number of methoxy groups -OCH3 is 1. The predicted octanol–water partition coefficient (Wildman–Crippen LogP) is -1.33. The summed E-state index contributed by atoms with van der Waals surface area (Å²) in [5, 5.41) is 23.0. The number of nitrogens with zero attached hydrogens (tertiary/aromatic N) is 5. The number of carboxylic acids is 1. The lowest BCUT2D eigenvalue weighted by molar-refractivity contribution is -0.165. The van der Waals surface area contributed by atoms with Crippen LogP contribution < -0.4 is 5.32 Å². The summed E-state index contributed by atoms with van der Waals surface area (Å²) in [5.41, 5.74) is -0.162. The highest BCUT2D eigenvalue weighted by Crippen LogP contribution is 2.41. The van der Waals surface area contributed by atoms with E-state index in [0.29, 0.717) is 5.16 Å². The SMILES string of the molecule is COC(OC(C)=O)C1=C(C(=O)O)N2C(=O)[C@H](NC(=O)Cn3nnnc3SC)[C@H]2SC1. The van der Waals surface area contributed by atoms with Crippen LogP contribution in [0.1, 0.15) is 6.92 Å². The van der Waals surface area contributed by atoms with E-state index in [2.05, 4.69) is 20.8 Å². The number of nitrogens with one attached hydrogen (secondary N) is 1. The van der Waals surface area contributed by atoms with Crippen molar-refractivity contribution in [1.82, 2.24) is 30.4 Å². The average molecular weight is 458 g/mol. The molecule has 1 fully saturated rings. The number of carboxylic acid groups (broad SMARTS) is 1. The van der Waals surface area contributed by atoms with Crippen molar-refractivity contribution < 1.29 is 33.8 Å². The smallest absolute Gasteiger partial charge is 0.352 e. The first-order valence-electron chi connectivity index (χ1n) is 8.49. The van der Waals surface area contributed by atoms with Gasteiger partial charge >= 0.3 is 11.9 Å². The van der Waals surface area contributed by atoms with Crippen molar-refractivity contribution in [3.8, 4) is 0 Å². The molecule has 0 radical (unpaired) electrons. The van der Waals surface area contributed by atoms with E-state index >= 15 is 0 Å². The molecule has 15 heteroatoms. The molecule has 2 amide bonds. The maximum absolute atomic E-state index is 12.7. The topological polar surface area (TPSA) is 166 Å². The van der Waals surface area contributed by atoms with E-state index < -0.39 is 41.5 Å². The molecular formula is C15H18N6O7S2. The number of amides is 2. The molecule has 3 atom stereocenters. The summed E-state index contributed by atoms with van der Waals surface area (Å²) < 4.78 is 11.4. The van der Waals surface area contributed by atoms with Crippen LogP contribution in [0.5, 0.6) is 0 Å². The van der Waals surface area contributed by atoms with Crippen molar-refractivity contribution >= 4 is 47.3 Å². The molecule has 0 spiro atoms. The summed E-state index contributed by atoms with van der Waals surface area (Å²) in [6.07, 6.45) is 0.528. The van der Waals surface area contributed by atoms with Crippen molar-refractivity contribution in [1.29, 1.82) is 0 Å². The number of β-lactam (4-membered cyclic amide) rings is 1. The summed E-state index contributed by atoms with van der Waals surface area (Å²) in [6.45, 7) is 0.981. The van der Waals surface area contributed by atoms with Gasteiger partial charge in [-0.2, -0.15) is 0 Å². The Labute approximate surface area is 178 Å². The van der Waals surface area contributed by atoms with Crippen molar-refractivity contribution in [2.75, 3.05) is 19.1 Å². The van der Waals surface area contributed by atoms with Crippen LogP contribution in [0.4, 0.5) is 0 Å². The zero-order chi connectivity index (χ0) is 22.0. The fourth-order valence-corrected chi connectivity index (χ4v) is 4.82. The number of fused-ring (bicyclic) bond motifs is 1. The molecule has 2 aliphatic rings. The normalized spacial score (nSPS) is 21.6. The van der Waals surface area contributed by atoms with E-state index in [1.54, 1.807) is 6.26 Å². The third-order valence-electron chi connectivity index (χ3n) is 4.26. The number of rotatable bonds is 8. The number of tetrazole rings is 1. The summed E-state index contributed by atoms with van der Waals surface area (Å²) in [4.78, 5) is 49.2. The molecule has 3 heterocycles. The van der Waals surface area contributed by atoms with E-state index in [1.165, 1.54) is 42.2 Å². The minimum atomic E-state index is -1.36. The van der Waals surface area contributed by atoms with Crippen molar-refractivity contribution in [3.05, 3.63) is 11.3 Å². The molecule has 30 heavy (non-hydrogen) atoms. The fourth-order valence-electron chi connectivity index (χ4n) is 3.03. The van der Waals surface area contributed by atoms with Crippen molar-refractivity contribution in [3.63, 3.8) is 0 Å². The number of ether oxygens (including phenoxy) is 2. The Bertz CT molecular complexity index is 919. The van der Waals surface area contributed by atoms with Gasteiger partial charge in [0.15, 0.2) is 0 Å². The number of aliphatic carboxylic acids is 1. The minimum absolute atomic E-state index is 0.137. The largest absolute Gasteiger partial charge is 0.477 e. The number of esters is 1. The quantitative estimate of drug-likeness (QED) is 0.204. The summed E-state index contributed by atoms with van der Waals surface area (Å²) in [5.74, 6) is -2.95. The van der Waals surface area contributed by atoms with Crippen molar-refractivity contribution in [2.24, 2.45) is 0 Å². The molecule has 1 aromatic heterocycles. The molecular weight excluding hydrogens is 440 g/mol. The Kier molecular flexibility index (Phi) is 6.62. The van der Waals surface area contributed by atoms with Gasteiger partial charge < -0.3 is 19.9 Å². The second kappa shape index (κ2) is 9.01. The van der Waals surface area contributed by atoms with Gasteiger partial charge in [-0.1, -0.05) is 11.8 Å². The number of carbonyl (C=O) groups excluding carboxylic acids is 3. The molecule has 1 unspecified atom stereocenters. The Morgan fingerprint density at radius 3 is 2.77 bits per heavy atom. The van der Waals surface area contributed by atoms with Gasteiger partial charge in [0.05, 0.1) is 0 Å². The van der Waals surface area contributed by atoms with Gasteiger partial charge in [0.25, 0.3) is 5.91 Å². The van der Waals surface area contributed by atoms with Crippen LogP contribution in [-0.4, -0.2) is 90.8 Å². The molecule has 0 aromatic carbocycles. The molecule has 2 N–H and O–H groups in total. The summed E-state index contributed by atoms with van der Waals surface area (Å²) in [6, 6.07) is -0.901. The van der Waals surface area contributed by atoms with E-state index in [0.717, 1.165) is 4.90 Å². The lowest BCUT2D eigenvalue weighted by Crippen LogP contribution is -2.71. The molecule has 1 saturated heterocycles. The van der Waals surface area contributed by atoms with Gasteiger partial charge in [-0.05, 0) is 16.7 Å². The first kappa shape index (κ1) is 22.0. The van der Waals surface area contributed by atoms with Gasteiger partial charge in [0.2, 0.25) is 17.4 Å². The van der Waals surface area contributed by atoms with Crippen LogP contribution in [0.15, 0.2) is 16.4 Å². The number of carbonyl (C=O) groups is 4. The van der Waals surface area contributed by atoms with E-state index in [9.17, 15) is 24.3 Å². The number of hydrogen-bond donors (Lipinski definition) is 2. The molecule has 1 aromatic rings. The highest BCUT2D eigenvalue weighted by atomic mass is 32.2. The minimum Gasteiger partial charge on any atom is -0.477 e. The average Bonchev–Trinajstić information content (AvgIpc) is 3.15. The maximum Gasteiger partial charge on any atom is 0.352 e. The Balaban J connectivity index is 1.75. The van der Waals surface area contributed by atoms with E-state index in [-0.39, 0.29) is 23.6 Å². The monoisotopic (exact) mass is 458 g/mol. The van der Waals surface area contributed by atoms with Crippen LogP contribution in [0.2, 0.25) is 0 Å². The maximum atomic E-state index is 12.7. The Hall–Kier alpha value is -2.65. The molecule has 0 bridgehead atoms. The van der Waals surface area contributed by atoms with Crippen LogP contribution in [0, 0.1) is 0 Å². The molecule has 0 aliphatic carbocycles. The Morgan fingerprint density at radius 2 is 2.17 bits per heavy atom. The second-order valence-corrected chi connectivity index (χ2v) is 8.01. The highest BCUT2D eigenvalue weighted by molar-refractivity contribution is 8.00. The van der Waals surface area contributed by atoms with Gasteiger partial charge in [-0.15, -0.1) is 16.9 Å². The molecule has 13 nitrogen and oxygen atoms in total. The van der Waals surface area contributed by atoms with Crippen molar-refractivity contribution in [2.45, 2.75) is 36.3 Å². The molecule has 0 saturated carbocycles.